The van der Waals surface area contributed by atoms with Crippen molar-refractivity contribution in [2.45, 2.75) is 12.5 Å². The summed E-state index contributed by atoms with van der Waals surface area (Å²) in [4.78, 5) is 12.4. The van der Waals surface area contributed by atoms with Gasteiger partial charge in [0.05, 0.1) is 6.61 Å². The molecule has 1 N–H and O–H groups in total. The fourth-order valence-corrected chi connectivity index (χ4v) is 2.71. The Morgan fingerprint density at radius 2 is 1.90 bits per heavy atom. The van der Waals surface area contributed by atoms with Crippen LogP contribution in [0, 0.1) is 3.57 Å². The van der Waals surface area contributed by atoms with Gasteiger partial charge in [0.2, 0.25) is 0 Å². The molecule has 2 aromatic carbocycles. The van der Waals surface area contributed by atoms with Gasteiger partial charge in [0.15, 0.2) is 6.10 Å². The van der Waals surface area contributed by atoms with Gasteiger partial charge in [0.1, 0.15) is 0 Å². The molecule has 102 valence electrons. The summed E-state index contributed by atoms with van der Waals surface area (Å²) in [5.41, 5.74) is 2.96. The first-order chi connectivity index (χ1) is 9.74. The number of anilines is 1. The second-order valence-electron chi connectivity index (χ2n) is 4.70. The van der Waals surface area contributed by atoms with Gasteiger partial charge in [-0.2, -0.15) is 0 Å². The summed E-state index contributed by atoms with van der Waals surface area (Å²) in [6.07, 6.45) is 0.350. The van der Waals surface area contributed by atoms with E-state index in [-0.39, 0.29) is 5.91 Å². The normalized spacial score (nSPS) is 17.4. The number of halogens is 1. The molecule has 0 saturated heterocycles. The molecule has 4 heteroatoms. The monoisotopic (exact) mass is 379 g/mol. The van der Waals surface area contributed by atoms with Crippen molar-refractivity contribution in [1.29, 1.82) is 0 Å². The Kier molecular flexibility index (Phi) is 4.03. The van der Waals surface area contributed by atoms with Crippen LogP contribution < -0.4 is 5.32 Å². The maximum Gasteiger partial charge on any atom is 0.258 e. The van der Waals surface area contributed by atoms with Crippen molar-refractivity contribution in [3.63, 3.8) is 0 Å². The Bertz CT molecular complexity index is 625. The number of ether oxygens (including phenoxy) is 1. The van der Waals surface area contributed by atoms with Crippen molar-refractivity contribution in [1.82, 2.24) is 0 Å². The van der Waals surface area contributed by atoms with Gasteiger partial charge in [-0.1, -0.05) is 24.3 Å². The van der Waals surface area contributed by atoms with Crippen molar-refractivity contribution in [3.05, 3.63) is 63.2 Å². The second kappa shape index (κ2) is 5.93. The van der Waals surface area contributed by atoms with Crippen LogP contribution in [0.1, 0.15) is 17.2 Å². The minimum absolute atomic E-state index is 0.113. The third-order valence-corrected chi connectivity index (χ3v) is 4.06. The third-order valence-electron chi connectivity index (χ3n) is 3.34. The van der Waals surface area contributed by atoms with E-state index in [0.29, 0.717) is 6.61 Å². The van der Waals surface area contributed by atoms with Gasteiger partial charge in [-0.25, -0.2) is 0 Å². The highest BCUT2D eigenvalue weighted by Gasteiger charge is 2.27. The number of hydrogen-bond acceptors (Lipinski definition) is 2. The number of hydrogen-bond donors (Lipinski definition) is 1. The van der Waals surface area contributed by atoms with Crippen LogP contribution in [0.15, 0.2) is 48.5 Å². The number of carbonyl (C=O) groups excluding carboxylic acids is 1. The Morgan fingerprint density at radius 3 is 2.70 bits per heavy atom. The van der Waals surface area contributed by atoms with E-state index in [1.807, 2.05) is 42.5 Å². The standard InChI is InChI=1S/C16H14INO2/c17-12-5-7-13(8-6-12)18-16(19)15-14-4-2-1-3-11(14)9-10-20-15/h1-8,15H,9-10H2,(H,18,19). The van der Waals surface area contributed by atoms with E-state index in [1.54, 1.807) is 0 Å². The first kappa shape index (κ1) is 13.6. The van der Waals surface area contributed by atoms with E-state index >= 15 is 0 Å². The first-order valence-electron chi connectivity index (χ1n) is 6.50. The van der Waals surface area contributed by atoms with Crippen LogP contribution in [0.5, 0.6) is 0 Å². The first-order valence-corrected chi connectivity index (χ1v) is 7.58. The minimum atomic E-state index is -0.515. The Labute approximate surface area is 131 Å². The van der Waals surface area contributed by atoms with Crippen molar-refractivity contribution in [3.8, 4) is 0 Å². The number of carbonyl (C=O) groups is 1. The number of fused-ring (bicyclic) bond motifs is 1. The average Bonchev–Trinajstić information content (AvgIpc) is 2.49. The van der Waals surface area contributed by atoms with Crippen molar-refractivity contribution in [2.24, 2.45) is 0 Å². The van der Waals surface area contributed by atoms with Crippen LogP contribution in [-0.2, 0) is 16.0 Å². The van der Waals surface area contributed by atoms with Crippen molar-refractivity contribution < 1.29 is 9.53 Å². The summed E-state index contributed by atoms with van der Waals surface area (Å²) in [6.45, 7) is 0.585. The molecule has 1 amide bonds. The summed E-state index contributed by atoms with van der Waals surface area (Å²) in [5.74, 6) is -0.113. The zero-order valence-electron chi connectivity index (χ0n) is 10.8. The molecule has 1 aliphatic heterocycles. The summed E-state index contributed by atoms with van der Waals surface area (Å²) < 4.78 is 6.79. The van der Waals surface area contributed by atoms with Gasteiger partial charge in [0, 0.05) is 9.26 Å². The number of benzene rings is 2. The Hall–Kier alpha value is -1.40. The largest absolute Gasteiger partial charge is 0.363 e. The fourth-order valence-electron chi connectivity index (χ4n) is 2.35. The molecule has 3 nitrogen and oxygen atoms in total. The lowest BCUT2D eigenvalue weighted by atomic mass is 9.97. The predicted molar refractivity (Wildman–Crippen MR) is 86.6 cm³/mol. The van der Waals surface area contributed by atoms with Crippen LogP contribution in [0.4, 0.5) is 5.69 Å². The quantitative estimate of drug-likeness (QED) is 0.811. The highest BCUT2D eigenvalue weighted by Crippen LogP contribution is 2.28. The molecule has 20 heavy (non-hydrogen) atoms. The highest BCUT2D eigenvalue weighted by molar-refractivity contribution is 14.1. The molecule has 3 rings (SSSR count). The van der Waals surface area contributed by atoms with Gasteiger partial charge in [-0.3, -0.25) is 4.79 Å². The van der Waals surface area contributed by atoms with Crippen LogP contribution in [0.2, 0.25) is 0 Å². The molecule has 0 aliphatic carbocycles. The molecule has 0 radical (unpaired) electrons. The molecule has 0 bridgehead atoms. The van der Waals surface area contributed by atoms with E-state index < -0.39 is 6.10 Å². The Balaban J connectivity index is 1.80. The average molecular weight is 379 g/mol. The lowest BCUT2D eigenvalue weighted by Gasteiger charge is -2.25. The smallest absolute Gasteiger partial charge is 0.258 e. The van der Waals surface area contributed by atoms with E-state index in [0.717, 1.165) is 21.2 Å². The molecule has 0 fully saturated rings. The summed E-state index contributed by atoms with van der Waals surface area (Å²) in [6, 6.07) is 15.7. The van der Waals surface area contributed by atoms with Crippen molar-refractivity contribution in [2.75, 3.05) is 11.9 Å². The molecule has 0 spiro atoms. The van der Waals surface area contributed by atoms with Gasteiger partial charge >= 0.3 is 0 Å². The summed E-state index contributed by atoms with van der Waals surface area (Å²) >= 11 is 2.24. The van der Waals surface area contributed by atoms with Crippen LogP contribution in [0.3, 0.4) is 0 Å². The van der Waals surface area contributed by atoms with E-state index in [4.69, 9.17) is 4.74 Å². The fraction of sp³-hybridized carbons (Fsp3) is 0.188. The summed E-state index contributed by atoms with van der Waals surface area (Å²) in [5, 5.41) is 2.91. The van der Waals surface area contributed by atoms with Gasteiger partial charge in [-0.15, -0.1) is 0 Å². The lowest BCUT2D eigenvalue weighted by Crippen LogP contribution is -2.28. The number of rotatable bonds is 2. The molecular weight excluding hydrogens is 365 g/mol. The maximum atomic E-state index is 12.4. The van der Waals surface area contributed by atoms with Gasteiger partial charge < -0.3 is 10.1 Å². The molecule has 0 aromatic heterocycles. The molecule has 0 saturated carbocycles. The van der Waals surface area contributed by atoms with Gasteiger partial charge in [-0.05, 0) is 64.4 Å². The maximum absolute atomic E-state index is 12.4. The number of nitrogens with one attached hydrogen (secondary N) is 1. The zero-order chi connectivity index (χ0) is 13.9. The lowest BCUT2D eigenvalue weighted by molar-refractivity contribution is -0.128. The molecule has 1 aliphatic rings. The van der Waals surface area contributed by atoms with Crippen molar-refractivity contribution >= 4 is 34.2 Å². The second-order valence-corrected chi connectivity index (χ2v) is 5.94. The Morgan fingerprint density at radius 1 is 1.15 bits per heavy atom. The van der Waals surface area contributed by atoms with Crippen LogP contribution >= 0.6 is 22.6 Å². The SMILES string of the molecule is O=C(Nc1ccc(I)cc1)C1OCCc2ccccc21. The molecule has 1 unspecified atom stereocenters. The van der Waals surface area contributed by atoms with E-state index in [1.165, 1.54) is 5.56 Å². The highest BCUT2D eigenvalue weighted by atomic mass is 127. The zero-order valence-corrected chi connectivity index (χ0v) is 13.0. The summed E-state index contributed by atoms with van der Waals surface area (Å²) in [7, 11) is 0. The minimum Gasteiger partial charge on any atom is -0.363 e. The van der Waals surface area contributed by atoms with E-state index in [2.05, 4.69) is 34.0 Å². The molecule has 1 heterocycles. The van der Waals surface area contributed by atoms with Crippen LogP contribution in [0.25, 0.3) is 0 Å². The third kappa shape index (κ3) is 2.86. The molecule has 1 atom stereocenters. The van der Waals surface area contributed by atoms with Gasteiger partial charge in [0.25, 0.3) is 5.91 Å². The predicted octanol–water partition coefficient (Wildman–Crippen LogP) is 3.54. The number of amides is 1. The molecular formula is C16H14INO2. The van der Waals surface area contributed by atoms with E-state index in [9.17, 15) is 4.79 Å². The van der Waals surface area contributed by atoms with Crippen LogP contribution in [-0.4, -0.2) is 12.5 Å². The topological polar surface area (TPSA) is 38.3 Å². The molecule has 2 aromatic rings.